The van der Waals surface area contributed by atoms with E-state index in [4.69, 9.17) is 0 Å². The third-order valence-electron chi connectivity index (χ3n) is 3.66. The van der Waals surface area contributed by atoms with E-state index in [0.29, 0.717) is 6.04 Å². The Balaban J connectivity index is 1.89. The molecule has 1 aromatic carbocycles. The quantitative estimate of drug-likeness (QED) is 0.801. The van der Waals surface area contributed by atoms with Crippen LogP contribution in [0.5, 0.6) is 0 Å². The Morgan fingerprint density at radius 1 is 1.18 bits per heavy atom. The molecule has 0 bridgehead atoms. The summed E-state index contributed by atoms with van der Waals surface area (Å²) in [6.45, 7) is 0. The molecule has 1 N–H and O–H groups in total. The fourth-order valence-corrected chi connectivity index (χ4v) is 4.79. The standard InChI is InChI=1S/C13H17NOS2/c15-17-13-14(10-6-2-1-3-7-10)11-8-4-5-9-12(11)16-13/h4-5,8-10,13,15H,1-3,6-7H2. The van der Waals surface area contributed by atoms with Gasteiger partial charge >= 0.3 is 0 Å². The van der Waals surface area contributed by atoms with E-state index in [1.807, 2.05) is 0 Å². The molecule has 17 heavy (non-hydrogen) atoms. The van der Waals surface area contributed by atoms with Crippen molar-refractivity contribution < 1.29 is 4.55 Å². The van der Waals surface area contributed by atoms with Crippen molar-refractivity contribution in [3.05, 3.63) is 24.3 Å². The maximum atomic E-state index is 9.49. The minimum absolute atomic E-state index is 0.149. The predicted octanol–water partition coefficient (Wildman–Crippen LogP) is 4.42. The molecule has 0 aromatic heterocycles. The molecule has 1 aliphatic heterocycles. The van der Waals surface area contributed by atoms with Gasteiger partial charge in [0.25, 0.3) is 0 Å². The number of para-hydroxylation sites is 1. The van der Waals surface area contributed by atoms with Crippen LogP contribution in [0.1, 0.15) is 32.1 Å². The molecular weight excluding hydrogens is 250 g/mol. The highest BCUT2D eigenvalue weighted by Crippen LogP contribution is 2.49. The maximum absolute atomic E-state index is 9.49. The van der Waals surface area contributed by atoms with Gasteiger partial charge in [-0.1, -0.05) is 43.2 Å². The first-order chi connectivity index (χ1) is 8.40. The highest BCUT2D eigenvalue weighted by Gasteiger charge is 2.35. The second-order valence-corrected chi connectivity index (χ2v) is 6.77. The molecule has 92 valence electrons. The number of anilines is 1. The van der Waals surface area contributed by atoms with Crippen LogP contribution in [0, 0.1) is 0 Å². The Bertz CT molecular complexity index is 393. The molecule has 0 spiro atoms. The van der Waals surface area contributed by atoms with Crippen molar-refractivity contribution in [1.29, 1.82) is 0 Å². The Kier molecular flexibility index (Phi) is 3.54. The van der Waals surface area contributed by atoms with Crippen molar-refractivity contribution in [2.24, 2.45) is 0 Å². The number of thioether (sulfide) groups is 1. The van der Waals surface area contributed by atoms with E-state index in [1.165, 1.54) is 42.7 Å². The van der Waals surface area contributed by atoms with E-state index in [1.54, 1.807) is 11.8 Å². The van der Waals surface area contributed by atoms with Gasteiger partial charge in [-0.15, -0.1) is 0 Å². The lowest BCUT2D eigenvalue weighted by Gasteiger charge is -2.35. The lowest BCUT2D eigenvalue weighted by molar-refractivity contribution is 0.421. The molecule has 0 amide bonds. The summed E-state index contributed by atoms with van der Waals surface area (Å²) in [4.78, 5) is 3.74. The van der Waals surface area contributed by atoms with Crippen molar-refractivity contribution in [2.75, 3.05) is 4.90 Å². The van der Waals surface area contributed by atoms with Gasteiger partial charge in [0.2, 0.25) is 0 Å². The molecule has 1 atom stereocenters. The molecule has 0 radical (unpaired) electrons. The van der Waals surface area contributed by atoms with E-state index in [2.05, 4.69) is 29.2 Å². The molecule has 2 nitrogen and oxygen atoms in total. The van der Waals surface area contributed by atoms with Crippen molar-refractivity contribution in [3.63, 3.8) is 0 Å². The lowest BCUT2D eigenvalue weighted by atomic mass is 9.94. The first-order valence-electron chi connectivity index (χ1n) is 6.24. The summed E-state index contributed by atoms with van der Waals surface area (Å²) in [5.41, 5.74) is 1.32. The number of hydrogen-bond donors (Lipinski definition) is 1. The van der Waals surface area contributed by atoms with Crippen LogP contribution in [0.15, 0.2) is 29.2 Å². The summed E-state index contributed by atoms with van der Waals surface area (Å²) >= 11 is 2.76. The molecule has 2 aliphatic rings. The fraction of sp³-hybridized carbons (Fsp3) is 0.538. The van der Waals surface area contributed by atoms with Crippen molar-refractivity contribution >= 4 is 29.5 Å². The minimum Gasteiger partial charge on any atom is -0.345 e. The minimum atomic E-state index is 0.149. The largest absolute Gasteiger partial charge is 0.345 e. The van der Waals surface area contributed by atoms with Gasteiger partial charge in [-0.3, -0.25) is 0 Å². The van der Waals surface area contributed by atoms with Crippen LogP contribution in [0.25, 0.3) is 0 Å². The lowest BCUT2D eigenvalue weighted by Crippen LogP contribution is -2.39. The first kappa shape index (κ1) is 11.8. The zero-order chi connectivity index (χ0) is 11.7. The van der Waals surface area contributed by atoms with E-state index in [0.717, 1.165) is 12.0 Å². The van der Waals surface area contributed by atoms with E-state index < -0.39 is 0 Å². The Morgan fingerprint density at radius 3 is 2.71 bits per heavy atom. The maximum Gasteiger partial charge on any atom is 0.153 e. The third kappa shape index (κ3) is 2.18. The summed E-state index contributed by atoms with van der Waals surface area (Å²) in [7, 11) is 0. The Morgan fingerprint density at radius 2 is 1.94 bits per heavy atom. The van der Waals surface area contributed by atoms with Gasteiger partial charge in [0.1, 0.15) is 0 Å². The van der Waals surface area contributed by atoms with Crippen LogP contribution < -0.4 is 4.90 Å². The van der Waals surface area contributed by atoms with E-state index in [-0.39, 0.29) is 4.71 Å². The van der Waals surface area contributed by atoms with Gasteiger partial charge < -0.3 is 9.45 Å². The van der Waals surface area contributed by atoms with Crippen LogP contribution >= 0.6 is 23.8 Å². The highest BCUT2D eigenvalue weighted by atomic mass is 32.2. The smallest absolute Gasteiger partial charge is 0.153 e. The van der Waals surface area contributed by atoms with E-state index >= 15 is 0 Å². The molecule has 3 rings (SSSR count). The fourth-order valence-electron chi connectivity index (χ4n) is 2.85. The van der Waals surface area contributed by atoms with Gasteiger partial charge in [0.15, 0.2) is 4.71 Å². The van der Waals surface area contributed by atoms with Crippen molar-refractivity contribution in [3.8, 4) is 0 Å². The van der Waals surface area contributed by atoms with Crippen LogP contribution in [0.2, 0.25) is 0 Å². The van der Waals surface area contributed by atoms with Crippen LogP contribution in [0.4, 0.5) is 5.69 Å². The average molecular weight is 267 g/mol. The molecule has 1 unspecified atom stereocenters. The highest BCUT2D eigenvalue weighted by molar-refractivity contribution is 8.15. The molecule has 1 aliphatic carbocycles. The van der Waals surface area contributed by atoms with Gasteiger partial charge in [0, 0.05) is 23.0 Å². The molecule has 1 aromatic rings. The van der Waals surface area contributed by atoms with Crippen molar-refractivity contribution in [2.45, 2.75) is 47.7 Å². The number of hydrogen-bond acceptors (Lipinski definition) is 4. The molecule has 4 heteroatoms. The topological polar surface area (TPSA) is 23.5 Å². The summed E-state index contributed by atoms with van der Waals surface area (Å²) in [6.07, 6.45) is 6.57. The number of nitrogens with zero attached hydrogens (tertiary/aromatic N) is 1. The SMILES string of the molecule is OSC1Sc2ccccc2N1C1CCCCC1. The average Bonchev–Trinajstić information content (AvgIpc) is 2.78. The normalized spacial score (nSPS) is 25.0. The van der Waals surface area contributed by atoms with E-state index in [9.17, 15) is 4.55 Å². The zero-order valence-corrected chi connectivity index (χ0v) is 11.3. The molecule has 1 fully saturated rings. The van der Waals surface area contributed by atoms with Gasteiger partial charge in [-0.2, -0.15) is 0 Å². The number of benzene rings is 1. The molecule has 0 saturated heterocycles. The second kappa shape index (κ2) is 5.12. The summed E-state index contributed by atoms with van der Waals surface area (Å²) < 4.78 is 9.64. The summed E-state index contributed by atoms with van der Waals surface area (Å²) in [6, 6.07) is 9.14. The predicted molar refractivity (Wildman–Crippen MR) is 75.7 cm³/mol. The summed E-state index contributed by atoms with van der Waals surface area (Å²) in [5.74, 6) is 0. The Labute approximate surface area is 111 Å². The van der Waals surface area contributed by atoms with Gasteiger partial charge in [0.05, 0.1) is 5.69 Å². The van der Waals surface area contributed by atoms with Crippen LogP contribution in [0.3, 0.4) is 0 Å². The van der Waals surface area contributed by atoms with Gasteiger partial charge in [-0.05, 0) is 25.0 Å². The van der Waals surface area contributed by atoms with Gasteiger partial charge in [-0.25, -0.2) is 0 Å². The molecule has 1 heterocycles. The first-order valence-corrected chi connectivity index (χ1v) is 7.96. The second-order valence-electron chi connectivity index (χ2n) is 4.70. The third-order valence-corrected chi connectivity index (χ3v) is 5.64. The Hall–Kier alpha value is -0.320. The summed E-state index contributed by atoms with van der Waals surface area (Å²) in [5, 5.41) is 0. The number of rotatable bonds is 2. The molecule has 1 saturated carbocycles. The number of fused-ring (bicyclic) bond motifs is 1. The zero-order valence-electron chi connectivity index (χ0n) is 9.71. The van der Waals surface area contributed by atoms with Crippen molar-refractivity contribution in [1.82, 2.24) is 0 Å². The molecular formula is C13H17NOS2. The monoisotopic (exact) mass is 267 g/mol. The van der Waals surface area contributed by atoms with Crippen LogP contribution in [-0.2, 0) is 0 Å². The van der Waals surface area contributed by atoms with Crippen LogP contribution in [-0.4, -0.2) is 15.3 Å².